The summed E-state index contributed by atoms with van der Waals surface area (Å²) in [4.78, 5) is 41.2. The highest BCUT2D eigenvalue weighted by Crippen LogP contribution is 2.46. The fourth-order valence-electron chi connectivity index (χ4n) is 7.11. The van der Waals surface area contributed by atoms with E-state index in [2.05, 4.69) is 35.9 Å². The molecule has 38 heavy (non-hydrogen) atoms. The van der Waals surface area contributed by atoms with E-state index in [0.29, 0.717) is 36.7 Å². The molecule has 0 radical (unpaired) electrons. The Labute approximate surface area is 224 Å². The minimum Gasteiger partial charge on any atom is -0.465 e. The van der Waals surface area contributed by atoms with E-state index in [1.165, 1.54) is 11.0 Å². The van der Waals surface area contributed by atoms with Gasteiger partial charge in [0.25, 0.3) is 0 Å². The number of likely N-dealkylation sites (tertiary alicyclic amines) is 1. The highest BCUT2D eigenvalue weighted by Gasteiger charge is 2.47. The van der Waals surface area contributed by atoms with E-state index in [1.54, 1.807) is 6.07 Å². The van der Waals surface area contributed by atoms with Crippen LogP contribution in [0.3, 0.4) is 0 Å². The van der Waals surface area contributed by atoms with Crippen molar-refractivity contribution in [3.05, 3.63) is 29.6 Å². The number of carbonyl (C=O) groups excluding carboxylic acids is 2. The zero-order valence-corrected chi connectivity index (χ0v) is 22.8. The van der Waals surface area contributed by atoms with Gasteiger partial charge in [-0.3, -0.25) is 19.8 Å². The van der Waals surface area contributed by atoms with Crippen molar-refractivity contribution in [1.29, 1.82) is 0 Å². The van der Waals surface area contributed by atoms with Crippen LogP contribution in [0.4, 0.5) is 14.9 Å². The molecule has 1 aromatic carbocycles. The predicted octanol–water partition coefficient (Wildman–Crippen LogP) is 4.05. The largest absolute Gasteiger partial charge is 0.465 e. The highest BCUT2D eigenvalue weighted by atomic mass is 19.1. The number of anilines is 1. The van der Waals surface area contributed by atoms with Gasteiger partial charge in [-0.05, 0) is 61.1 Å². The standard InChI is InChI=1S/C29H41FN4O4/c1-28(2,3)24-16-32(23-6-4-20(14-22(23)30)21-5-7-25(35)31-26(21)36)12-13-33(24)15-19-8-10-29(11-9-19)17-34(18-29)27(37)38/h4,6,14,19,21,24H,5,7-13,15-18H2,1-3H3,(H,37,38)(H,31,35,36). The van der Waals surface area contributed by atoms with E-state index >= 15 is 4.39 Å². The molecule has 3 saturated heterocycles. The topological polar surface area (TPSA) is 93.2 Å². The molecule has 8 nitrogen and oxygen atoms in total. The summed E-state index contributed by atoms with van der Waals surface area (Å²) in [5.74, 6) is -0.811. The molecule has 4 fully saturated rings. The van der Waals surface area contributed by atoms with Gasteiger partial charge in [0.05, 0.1) is 11.6 Å². The summed E-state index contributed by atoms with van der Waals surface area (Å²) in [6.45, 7) is 11.5. The maximum Gasteiger partial charge on any atom is 0.407 e. The second-order valence-electron chi connectivity index (χ2n) is 13.1. The lowest BCUT2D eigenvalue weighted by molar-refractivity contribution is -0.134. The number of nitrogens with zero attached hydrogens (tertiary/aromatic N) is 3. The molecule has 3 amide bonds. The quantitative estimate of drug-likeness (QED) is 0.573. The summed E-state index contributed by atoms with van der Waals surface area (Å²) in [5.41, 5.74) is 1.42. The summed E-state index contributed by atoms with van der Waals surface area (Å²) < 4.78 is 15.4. The highest BCUT2D eigenvalue weighted by molar-refractivity contribution is 6.00. The summed E-state index contributed by atoms with van der Waals surface area (Å²) in [7, 11) is 0. The van der Waals surface area contributed by atoms with Gasteiger partial charge in [0.1, 0.15) is 5.82 Å². The second kappa shape index (κ2) is 10.1. The SMILES string of the molecule is CC(C)(C)C1CN(c2ccc(C3CCC(=O)NC3=O)cc2F)CCN1CC1CCC2(CC1)CN(C(=O)O)C2. The van der Waals surface area contributed by atoms with E-state index in [-0.39, 0.29) is 40.9 Å². The molecule has 1 aromatic rings. The minimum atomic E-state index is -0.800. The predicted molar refractivity (Wildman–Crippen MR) is 143 cm³/mol. The van der Waals surface area contributed by atoms with Gasteiger partial charge in [0, 0.05) is 57.1 Å². The second-order valence-corrected chi connectivity index (χ2v) is 13.1. The summed E-state index contributed by atoms with van der Waals surface area (Å²) in [6.07, 6.45) is 4.37. The molecular weight excluding hydrogens is 487 g/mol. The number of piperazine rings is 1. The first-order valence-corrected chi connectivity index (χ1v) is 14.0. The number of imide groups is 1. The minimum absolute atomic E-state index is 0.0215. The third-order valence-corrected chi connectivity index (χ3v) is 9.43. The maximum absolute atomic E-state index is 15.4. The van der Waals surface area contributed by atoms with Crippen molar-refractivity contribution in [2.24, 2.45) is 16.7 Å². The molecule has 3 heterocycles. The van der Waals surface area contributed by atoms with Gasteiger partial charge in [-0.1, -0.05) is 26.8 Å². The zero-order chi connectivity index (χ0) is 27.2. The summed E-state index contributed by atoms with van der Waals surface area (Å²) >= 11 is 0. The van der Waals surface area contributed by atoms with Gasteiger partial charge in [0.15, 0.2) is 0 Å². The molecule has 208 valence electrons. The average molecular weight is 529 g/mol. The number of amides is 3. The molecule has 4 aliphatic rings. The lowest BCUT2D eigenvalue weighted by Gasteiger charge is -2.53. The number of halogens is 1. The Bertz CT molecular complexity index is 1090. The van der Waals surface area contributed by atoms with Gasteiger partial charge < -0.3 is 14.9 Å². The molecule has 1 aliphatic carbocycles. The van der Waals surface area contributed by atoms with Crippen LogP contribution in [0.5, 0.6) is 0 Å². The van der Waals surface area contributed by atoms with E-state index in [9.17, 15) is 19.5 Å². The Hall–Kier alpha value is -2.68. The Kier molecular flexibility index (Phi) is 7.18. The van der Waals surface area contributed by atoms with Crippen molar-refractivity contribution in [1.82, 2.24) is 15.1 Å². The first-order chi connectivity index (χ1) is 17.9. The van der Waals surface area contributed by atoms with Crippen LogP contribution in [-0.4, -0.2) is 78.1 Å². The Morgan fingerprint density at radius 3 is 2.45 bits per heavy atom. The Morgan fingerprint density at radius 1 is 1.13 bits per heavy atom. The number of hydrogen-bond donors (Lipinski definition) is 2. The molecule has 1 spiro atoms. The number of carboxylic acid groups (broad SMARTS) is 1. The number of carbonyl (C=O) groups is 3. The first-order valence-electron chi connectivity index (χ1n) is 14.0. The third kappa shape index (κ3) is 5.40. The molecule has 3 aliphatic heterocycles. The smallest absolute Gasteiger partial charge is 0.407 e. The van der Waals surface area contributed by atoms with Crippen molar-refractivity contribution in [2.45, 2.75) is 71.3 Å². The van der Waals surface area contributed by atoms with Crippen LogP contribution in [0.2, 0.25) is 0 Å². The lowest BCUT2D eigenvalue weighted by Crippen LogP contribution is -2.61. The normalized spacial score (nSPS) is 26.8. The summed E-state index contributed by atoms with van der Waals surface area (Å²) in [5, 5.41) is 11.6. The van der Waals surface area contributed by atoms with Crippen LogP contribution in [0.1, 0.15) is 70.8 Å². The number of piperidine rings is 1. The lowest BCUT2D eigenvalue weighted by atomic mass is 9.66. The van der Waals surface area contributed by atoms with Crippen molar-refractivity contribution in [2.75, 3.05) is 44.2 Å². The average Bonchev–Trinajstić information content (AvgIpc) is 2.83. The number of rotatable bonds is 4. The van der Waals surface area contributed by atoms with Crippen LogP contribution in [-0.2, 0) is 9.59 Å². The van der Waals surface area contributed by atoms with Crippen LogP contribution >= 0.6 is 0 Å². The first kappa shape index (κ1) is 26.9. The van der Waals surface area contributed by atoms with Crippen molar-refractivity contribution in [3.63, 3.8) is 0 Å². The van der Waals surface area contributed by atoms with Gasteiger partial charge in [-0.2, -0.15) is 0 Å². The molecule has 2 N–H and O–H groups in total. The molecule has 1 saturated carbocycles. The Balaban J connectivity index is 1.21. The Morgan fingerprint density at radius 2 is 1.84 bits per heavy atom. The van der Waals surface area contributed by atoms with Crippen molar-refractivity contribution in [3.8, 4) is 0 Å². The molecule has 9 heteroatoms. The van der Waals surface area contributed by atoms with Gasteiger partial charge in [-0.25, -0.2) is 9.18 Å². The summed E-state index contributed by atoms with van der Waals surface area (Å²) in [6, 6.07) is 5.37. The van der Waals surface area contributed by atoms with Gasteiger partial charge in [0.2, 0.25) is 11.8 Å². The van der Waals surface area contributed by atoms with E-state index in [4.69, 9.17) is 0 Å². The van der Waals surface area contributed by atoms with Gasteiger partial charge in [-0.15, -0.1) is 0 Å². The number of benzene rings is 1. The van der Waals surface area contributed by atoms with E-state index < -0.39 is 12.0 Å². The number of nitrogens with one attached hydrogen (secondary N) is 1. The fourth-order valence-corrected chi connectivity index (χ4v) is 7.11. The van der Waals surface area contributed by atoms with Crippen LogP contribution in [0.15, 0.2) is 18.2 Å². The zero-order valence-electron chi connectivity index (χ0n) is 22.8. The van der Waals surface area contributed by atoms with Crippen LogP contribution < -0.4 is 10.2 Å². The molecule has 2 unspecified atom stereocenters. The van der Waals surface area contributed by atoms with E-state index in [1.807, 2.05) is 6.07 Å². The molecule has 0 bridgehead atoms. The van der Waals surface area contributed by atoms with Crippen molar-refractivity contribution < 1.29 is 23.9 Å². The van der Waals surface area contributed by atoms with Crippen LogP contribution in [0.25, 0.3) is 0 Å². The molecular formula is C29H41FN4O4. The number of hydrogen-bond acceptors (Lipinski definition) is 5. The molecule has 2 atom stereocenters. The third-order valence-electron chi connectivity index (χ3n) is 9.43. The van der Waals surface area contributed by atoms with Crippen molar-refractivity contribution >= 4 is 23.6 Å². The molecule has 5 rings (SSSR count). The van der Waals surface area contributed by atoms with Gasteiger partial charge >= 0.3 is 6.09 Å². The van der Waals surface area contributed by atoms with E-state index in [0.717, 1.165) is 51.9 Å². The fraction of sp³-hybridized carbons (Fsp3) is 0.690. The monoisotopic (exact) mass is 528 g/mol. The maximum atomic E-state index is 15.4. The van der Waals surface area contributed by atoms with Crippen LogP contribution in [0, 0.1) is 22.6 Å². The molecule has 0 aromatic heterocycles.